The first kappa shape index (κ1) is 16.0. The Bertz CT molecular complexity index is 1640. The van der Waals surface area contributed by atoms with Gasteiger partial charge in [-0.1, -0.05) is 48.6 Å². The van der Waals surface area contributed by atoms with E-state index in [2.05, 4.69) is 39.2 Å². The fourth-order valence-electron chi connectivity index (χ4n) is 5.40. The Morgan fingerprint density at radius 1 is 0.867 bits per heavy atom. The lowest BCUT2D eigenvalue weighted by Crippen LogP contribution is -2.20. The van der Waals surface area contributed by atoms with Gasteiger partial charge in [0.05, 0.1) is 27.7 Å². The van der Waals surface area contributed by atoms with E-state index in [0.717, 1.165) is 68.6 Å². The number of aromatic amines is 1. The van der Waals surface area contributed by atoms with Crippen LogP contribution < -0.4 is 5.32 Å². The van der Waals surface area contributed by atoms with E-state index in [0.29, 0.717) is 11.1 Å². The molecule has 0 bridgehead atoms. The van der Waals surface area contributed by atoms with E-state index in [1.54, 1.807) is 0 Å². The van der Waals surface area contributed by atoms with Gasteiger partial charge in [-0.25, -0.2) is 0 Å². The Balaban J connectivity index is 0.00000108. The highest BCUT2D eigenvalue weighted by atomic mass is 16.2. The molecule has 2 aliphatic heterocycles. The van der Waals surface area contributed by atoms with Gasteiger partial charge in [0.2, 0.25) is 0 Å². The number of carbonyl (C=O) groups excluding carboxylic acids is 2. The number of aryl methyl sites for hydroxylation is 1. The molecule has 2 aromatic heterocycles. The highest BCUT2D eigenvalue weighted by Crippen LogP contribution is 2.44. The highest BCUT2D eigenvalue weighted by Gasteiger charge is 2.35. The van der Waals surface area contributed by atoms with E-state index in [4.69, 9.17) is 0 Å². The molecule has 0 saturated heterocycles. The van der Waals surface area contributed by atoms with Gasteiger partial charge >= 0.3 is 0 Å². The van der Waals surface area contributed by atoms with Gasteiger partial charge in [-0.05, 0) is 24.5 Å². The smallest absolute Gasteiger partial charge is 0.259 e. The SMILES string of the molecule is O=C1NC(=O)c2c1c1c3ccccc3[nH]c1c1c2c2cccc3c2n1CCC/C=C\3.[HH].[HH]. The van der Waals surface area contributed by atoms with Crippen molar-refractivity contribution in [3.63, 3.8) is 0 Å². The monoisotopic (exact) mass is 395 g/mol. The summed E-state index contributed by atoms with van der Waals surface area (Å²) in [6.45, 7) is 0.861. The predicted octanol–water partition coefficient (Wildman–Crippen LogP) is 5.61. The maximum absolute atomic E-state index is 13.0. The van der Waals surface area contributed by atoms with Crippen LogP contribution in [0.15, 0.2) is 48.5 Å². The van der Waals surface area contributed by atoms with E-state index < -0.39 is 0 Å². The first-order valence-electron chi connectivity index (χ1n) is 10.3. The highest BCUT2D eigenvalue weighted by molar-refractivity contribution is 6.39. The Morgan fingerprint density at radius 2 is 1.67 bits per heavy atom. The van der Waals surface area contributed by atoms with Crippen molar-refractivity contribution < 1.29 is 12.4 Å². The molecule has 4 heterocycles. The number of hydrogen-bond acceptors (Lipinski definition) is 2. The number of allylic oxidation sites excluding steroid dienone is 1. The molecule has 2 amide bonds. The fraction of sp³-hybridized carbons (Fsp3) is 0.120. The van der Waals surface area contributed by atoms with Crippen molar-refractivity contribution in [3.8, 4) is 0 Å². The number of H-pyrrole nitrogens is 1. The summed E-state index contributed by atoms with van der Waals surface area (Å²) in [4.78, 5) is 29.5. The van der Waals surface area contributed by atoms with Crippen LogP contribution in [0.1, 0.15) is 42.0 Å². The zero-order valence-corrected chi connectivity index (χ0v) is 16.1. The fourth-order valence-corrected chi connectivity index (χ4v) is 5.40. The van der Waals surface area contributed by atoms with Gasteiger partial charge in [0.15, 0.2) is 0 Å². The van der Waals surface area contributed by atoms with E-state index in [1.807, 2.05) is 30.3 Å². The first-order valence-corrected chi connectivity index (χ1v) is 10.3. The maximum atomic E-state index is 13.0. The van der Waals surface area contributed by atoms with E-state index in [-0.39, 0.29) is 14.7 Å². The summed E-state index contributed by atoms with van der Waals surface area (Å²) in [7, 11) is 0. The lowest BCUT2D eigenvalue weighted by Gasteiger charge is -2.12. The van der Waals surface area contributed by atoms with Gasteiger partial charge in [-0.15, -0.1) is 0 Å². The van der Waals surface area contributed by atoms with Crippen molar-refractivity contribution in [1.82, 2.24) is 14.9 Å². The zero-order chi connectivity index (χ0) is 20.0. The molecule has 5 heteroatoms. The van der Waals surface area contributed by atoms with Gasteiger partial charge in [-0.3, -0.25) is 14.9 Å². The van der Waals surface area contributed by atoms with E-state index in [9.17, 15) is 9.59 Å². The van der Waals surface area contributed by atoms with Crippen LogP contribution in [0.25, 0.3) is 49.7 Å². The Kier molecular flexibility index (Phi) is 2.87. The number of imide groups is 1. The average Bonchev–Trinajstić information content (AvgIpc) is 3.35. The van der Waals surface area contributed by atoms with Crippen molar-refractivity contribution in [3.05, 3.63) is 65.2 Å². The van der Waals surface area contributed by atoms with Crippen LogP contribution in [-0.4, -0.2) is 21.4 Å². The summed E-state index contributed by atoms with van der Waals surface area (Å²) in [5.41, 5.74) is 6.20. The molecule has 0 aliphatic carbocycles. The number of carbonyl (C=O) groups is 2. The number of amides is 2. The number of nitrogens with one attached hydrogen (secondary N) is 2. The minimum absolute atomic E-state index is 0. The summed E-state index contributed by atoms with van der Waals surface area (Å²) < 4.78 is 2.34. The molecular formula is C25H21N3O2. The van der Waals surface area contributed by atoms with Gasteiger partial charge in [0.1, 0.15) is 0 Å². The molecule has 3 aromatic carbocycles. The summed E-state index contributed by atoms with van der Waals surface area (Å²) in [5, 5.41) is 6.27. The molecular weight excluding hydrogens is 374 g/mol. The topological polar surface area (TPSA) is 66.9 Å². The van der Waals surface area contributed by atoms with Crippen molar-refractivity contribution in [2.24, 2.45) is 0 Å². The third kappa shape index (κ3) is 1.78. The average molecular weight is 395 g/mol. The first-order chi connectivity index (χ1) is 14.7. The van der Waals surface area contributed by atoms with Crippen LogP contribution >= 0.6 is 0 Å². The number of hydrogen-bond donors (Lipinski definition) is 2. The number of nitrogens with zero attached hydrogens (tertiary/aromatic N) is 1. The second kappa shape index (κ2) is 5.39. The van der Waals surface area contributed by atoms with Crippen LogP contribution in [0.4, 0.5) is 0 Å². The molecule has 5 aromatic rings. The molecule has 0 spiro atoms. The second-order valence-corrected chi connectivity index (χ2v) is 8.12. The van der Waals surface area contributed by atoms with Gasteiger partial charge < -0.3 is 9.55 Å². The molecule has 0 radical (unpaired) electrons. The van der Waals surface area contributed by atoms with Gasteiger partial charge in [0.25, 0.3) is 11.8 Å². The minimum atomic E-state index is -0.312. The summed E-state index contributed by atoms with van der Waals surface area (Å²) in [6.07, 6.45) is 6.42. The van der Waals surface area contributed by atoms with Crippen molar-refractivity contribution in [1.29, 1.82) is 0 Å². The standard InChI is InChI=1S/C25H17N3O2.2H2/c29-24-19-17-14-9-3-4-11-16(14)26-21(17)23-18(20(19)25(30)27-24)15-10-6-8-13-7-2-1-5-12-28(23)22(13)15;;/h2-4,6-11,26H,1,5,12H2,(H,27,29,30);2*1H/b7-2-;;. The molecule has 0 atom stereocenters. The van der Waals surface area contributed by atoms with Gasteiger partial charge in [-0.2, -0.15) is 0 Å². The molecule has 5 nitrogen and oxygen atoms in total. The van der Waals surface area contributed by atoms with E-state index in [1.165, 1.54) is 0 Å². The number of benzene rings is 3. The van der Waals surface area contributed by atoms with Crippen LogP contribution in [0.5, 0.6) is 0 Å². The summed E-state index contributed by atoms with van der Waals surface area (Å²) >= 11 is 0. The lowest BCUT2D eigenvalue weighted by atomic mass is 9.96. The Labute approximate surface area is 173 Å². The van der Waals surface area contributed by atoms with Crippen LogP contribution in [0.2, 0.25) is 0 Å². The predicted molar refractivity (Wildman–Crippen MR) is 123 cm³/mol. The minimum Gasteiger partial charge on any atom is -0.353 e. The molecule has 0 fully saturated rings. The molecule has 7 rings (SSSR count). The summed E-state index contributed by atoms with van der Waals surface area (Å²) in [6, 6.07) is 14.2. The zero-order valence-electron chi connectivity index (χ0n) is 16.1. The quantitative estimate of drug-likeness (QED) is 0.335. The molecule has 0 saturated carbocycles. The Hall–Kier alpha value is -3.86. The van der Waals surface area contributed by atoms with Crippen molar-refractivity contribution in [2.75, 3.05) is 0 Å². The number of fused-ring (bicyclic) bond motifs is 10. The number of para-hydroxylation sites is 2. The molecule has 2 aliphatic rings. The third-order valence-electron chi connectivity index (χ3n) is 6.54. The van der Waals surface area contributed by atoms with Crippen molar-refractivity contribution in [2.45, 2.75) is 19.4 Å². The van der Waals surface area contributed by atoms with Crippen LogP contribution in [0, 0.1) is 0 Å². The van der Waals surface area contributed by atoms with Crippen molar-refractivity contribution >= 4 is 61.5 Å². The maximum Gasteiger partial charge on any atom is 0.259 e. The summed E-state index contributed by atoms with van der Waals surface area (Å²) in [5.74, 6) is -0.616. The largest absolute Gasteiger partial charge is 0.353 e. The van der Waals surface area contributed by atoms with E-state index >= 15 is 0 Å². The molecule has 0 unspecified atom stereocenters. The molecule has 148 valence electrons. The molecule has 30 heavy (non-hydrogen) atoms. The number of aromatic nitrogens is 2. The molecule has 2 N–H and O–H groups in total. The second-order valence-electron chi connectivity index (χ2n) is 8.12. The number of rotatable bonds is 0. The lowest BCUT2D eigenvalue weighted by molar-refractivity contribution is 0.0880. The third-order valence-corrected chi connectivity index (χ3v) is 6.54. The Morgan fingerprint density at radius 3 is 2.57 bits per heavy atom. The van der Waals surface area contributed by atoms with Gasteiger partial charge in [0, 0.05) is 36.5 Å². The normalized spacial score (nSPS) is 16.9. The van der Waals surface area contributed by atoms with Crippen LogP contribution in [0.3, 0.4) is 0 Å². The van der Waals surface area contributed by atoms with Crippen LogP contribution in [-0.2, 0) is 6.54 Å².